The first-order valence-electron chi connectivity index (χ1n) is 5.93. The van der Waals surface area contributed by atoms with Crippen molar-refractivity contribution in [3.05, 3.63) is 32.3 Å². The van der Waals surface area contributed by atoms with Gasteiger partial charge in [-0.2, -0.15) is 0 Å². The quantitative estimate of drug-likeness (QED) is 0.529. The van der Waals surface area contributed by atoms with E-state index in [1.807, 2.05) is 19.9 Å². The van der Waals surface area contributed by atoms with Crippen molar-refractivity contribution in [3.8, 4) is 0 Å². The van der Waals surface area contributed by atoms with Crippen LogP contribution in [0.5, 0.6) is 0 Å². The second kappa shape index (κ2) is 5.41. The van der Waals surface area contributed by atoms with Crippen LogP contribution in [0.1, 0.15) is 27.9 Å². The van der Waals surface area contributed by atoms with E-state index in [9.17, 15) is 14.9 Å². The van der Waals surface area contributed by atoms with Crippen LogP contribution in [0.3, 0.4) is 0 Å². The lowest BCUT2D eigenvalue weighted by atomic mass is 10.1. The molecule has 2 rings (SSSR count). The van der Waals surface area contributed by atoms with Crippen molar-refractivity contribution >= 4 is 33.2 Å². The molecule has 7 nitrogen and oxygen atoms in total. The number of ether oxygens (including phenoxy) is 1. The Balaban J connectivity index is 2.69. The molecule has 0 bridgehead atoms. The van der Waals surface area contributed by atoms with Crippen LogP contribution in [0, 0.1) is 24.0 Å². The maximum atomic E-state index is 11.9. The molecule has 0 aliphatic carbocycles. The van der Waals surface area contributed by atoms with Crippen molar-refractivity contribution in [3.63, 3.8) is 0 Å². The molecule has 0 saturated heterocycles. The van der Waals surface area contributed by atoms with Crippen molar-refractivity contribution in [2.75, 3.05) is 12.0 Å². The number of hydrogen-bond donors (Lipinski definition) is 1. The fourth-order valence-electron chi connectivity index (χ4n) is 1.98. The number of fused-ring (bicyclic) bond motifs is 1. The smallest absolute Gasteiger partial charge is 0.350 e. The average Bonchev–Trinajstić information content (AvgIpc) is 2.67. The summed E-state index contributed by atoms with van der Waals surface area (Å²) in [5, 5.41) is 10.6. The number of thiophene rings is 1. The zero-order valence-electron chi connectivity index (χ0n) is 11.2. The molecule has 0 saturated carbocycles. The maximum absolute atomic E-state index is 11.9. The monoisotopic (exact) mass is 295 g/mol. The van der Waals surface area contributed by atoms with E-state index in [1.54, 1.807) is 6.92 Å². The fraction of sp³-hybridized carbons (Fsp3) is 0.333. The van der Waals surface area contributed by atoms with Gasteiger partial charge in [-0.15, -0.1) is 16.8 Å². The van der Waals surface area contributed by atoms with E-state index in [0.29, 0.717) is 10.2 Å². The van der Waals surface area contributed by atoms with Gasteiger partial charge in [0.25, 0.3) is 0 Å². The van der Waals surface area contributed by atoms with Crippen LogP contribution >= 0.6 is 11.3 Å². The Bertz CT molecular complexity index is 696. The highest BCUT2D eigenvalue weighted by molar-refractivity contribution is 7.21. The largest absolute Gasteiger partial charge is 0.462 e. The average molecular weight is 295 g/mol. The van der Waals surface area contributed by atoms with Crippen molar-refractivity contribution in [2.45, 2.75) is 20.8 Å². The zero-order chi connectivity index (χ0) is 14.9. The number of hydrazine groups is 1. The molecule has 0 radical (unpaired) electrons. The Labute approximate surface area is 118 Å². The van der Waals surface area contributed by atoms with Crippen LogP contribution in [-0.2, 0) is 4.74 Å². The summed E-state index contributed by atoms with van der Waals surface area (Å²) >= 11 is 1.09. The molecular formula is C12H13N3O4S. The van der Waals surface area contributed by atoms with E-state index in [1.165, 1.54) is 0 Å². The molecule has 0 aromatic carbocycles. The third-order valence-electron chi connectivity index (χ3n) is 2.65. The number of esters is 1. The van der Waals surface area contributed by atoms with Gasteiger partial charge < -0.3 is 4.74 Å². The van der Waals surface area contributed by atoms with Gasteiger partial charge in [0.15, 0.2) is 5.03 Å². The normalized spacial score (nSPS) is 10.6. The lowest BCUT2D eigenvalue weighted by Crippen LogP contribution is -2.12. The second-order valence-electron chi connectivity index (χ2n) is 4.16. The van der Waals surface area contributed by atoms with Crippen LogP contribution in [0.2, 0.25) is 0 Å². The fourth-order valence-corrected chi connectivity index (χ4v) is 3.12. The summed E-state index contributed by atoms with van der Waals surface area (Å²) in [6, 6.07) is 1.81. The molecule has 0 aliphatic heterocycles. The summed E-state index contributed by atoms with van der Waals surface area (Å²) < 4.78 is 4.93. The van der Waals surface area contributed by atoms with Gasteiger partial charge in [0.05, 0.1) is 6.61 Å². The molecule has 0 fully saturated rings. The number of carbonyl (C=O) groups is 1. The van der Waals surface area contributed by atoms with Gasteiger partial charge in [0.2, 0.25) is 0 Å². The zero-order valence-corrected chi connectivity index (χ0v) is 12.0. The van der Waals surface area contributed by atoms with Crippen molar-refractivity contribution in [1.29, 1.82) is 0 Å². The van der Waals surface area contributed by atoms with Crippen molar-refractivity contribution < 1.29 is 14.6 Å². The first-order chi connectivity index (χ1) is 9.43. The summed E-state index contributed by atoms with van der Waals surface area (Å²) in [6.07, 6.45) is 0. The predicted molar refractivity (Wildman–Crippen MR) is 75.7 cm³/mol. The van der Waals surface area contributed by atoms with Crippen LogP contribution < -0.4 is 5.43 Å². The van der Waals surface area contributed by atoms with Gasteiger partial charge >= 0.3 is 5.97 Å². The molecule has 0 unspecified atom stereocenters. The van der Waals surface area contributed by atoms with Crippen LogP contribution in [0.4, 0.5) is 5.69 Å². The number of nitrogens with one attached hydrogen (secondary N) is 1. The number of hydrogen-bond acceptors (Lipinski definition) is 6. The molecule has 1 N–H and O–H groups in total. The summed E-state index contributed by atoms with van der Waals surface area (Å²) in [4.78, 5) is 27.7. The van der Waals surface area contributed by atoms with E-state index < -0.39 is 11.0 Å². The summed E-state index contributed by atoms with van der Waals surface area (Å²) in [6.45, 7) is 5.54. The van der Waals surface area contributed by atoms with Gasteiger partial charge in [0, 0.05) is 11.1 Å². The molecule has 106 valence electrons. The Kier molecular flexibility index (Phi) is 3.84. The third-order valence-corrected chi connectivity index (χ3v) is 3.71. The number of pyridine rings is 1. The van der Waals surface area contributed by atoms with Crippen LogP contribution in [0.25, 0.3) is 10.2 Å². The number of nitro groups is 1. The first-order valence-corrected chi connectivity index (χ1v) is 6.74. The number of nitrogens with zero attached hydrogens (tertiary/aromatic N) is 2. The Morgan fingerprint density at radius 3 is 2.85 bits per heavy atom. The standard InChI is InChI=1S/C12H13N3O4S/c1-4-19-12(16)10-9(14-15(17)18)8-6(2)5-7(3)13-11(8)20-10/h5,14H,4H2,1-3H3. The molecule has 2 aromatic heterocycles. The van der Waals surface area contributed by atoms with Crippen molar-refractivity contribution in [2.24, 2.45) is 0 Å². The number of aryl methyl sites for hydroxylation is 2. The lowest BCUT2D eigenvalue weighted by Gasteiger charge is -2.03. The van der Waals surface area contributed by atoms with E-state index in [4.69, 9.17) is 4.74 Å². The summed E-state index contributed by atoms with van der Waals surface area (Å²) in [7, 11) is 0. The summed E-state index contributed by atoms with van der Waals surface area (Å²) in [5.74, 6) is -0.586. The van der Waals surface area contributed by atoms with E-state index >= 15 is 0 Å². The highest BCUT2D eigenvalue weighted by Gasteiger charge is 2.24. The number of carbonyl (C=O) groups excluding carboxylic acids is 1. The third kappa shape index (κ3) is 2.55. The number of aromatic nitrogens is 1. The van der Waals surface area contributed by atoms with E-state index in [-0.39, 0.29) is 17.2 Å². The molecule has 8 heteroatoms. The van der Waals surface area contributed by atoms with E-state index in [2.05, 4.69) is 10.4 Å². The minimum absolute atomic E-state index is 0.151. The molecule has 0 amide bonds. The number of anilines is 1. The van der Waals surface area contributed by atoms with Crippen molar-refractivity contribution in [1.82, 2.24) is 4.98 Å². The lowest BCUT2D eigenvalue weighted by molar-refractivity contribution is -0.445. The Morgan fingerprint density at radius 1 is 1.55 bits per heavy atom. The van der Waals surface area contributed by atoms with Gasteiger partial charge in [-0.05, 0) is 32.4 Å². The summed E-state index contributed by atoms with van der Waals surface area (Å²) in [5.41, 5.74) is 3.85. The molecule has 0 aliphatic rings. The molecule has 2 heterocycles. The molecular weight excluding hydrogens is 282 g/mol. The highest BCUT2D eigenvalue weighted by Crippen LogP contribution is 2.37. The molecule has 2 aromatic rings. The molecule has 20 heavy (non-hydrogen) atoms. The van der Waals surface area contributed by atoms with Gasteiger partial charge in [-0.3, -0.25) is 0 Å². The molecule has 0 atom stereocenters. The predicted octanol–water partition coefficient (Wildman–Crippen LogP) is 2.69. The number of rotatable bonds is 4. The van der Waals surface area contributed by atoms with Gasteiger partial charge in [0.1, 0.15) is 15.4 Å². The maximum Gasteiger partial charge on any atom is 0.350 e. The van der Waals surface area contributed by atoms with E-state index in [0.717, 1.165) is 22.6 Å². The Morgan fingerprint density at radius 2 is 2.25 bits per heavy atom. The van der Waals surface area contributed by atoms with Crippen LogP contribution in [-0.4, -0.2) is 22.6 Å². The van der Waals surface area contributed by atoms with Gasteiger partial charge in [-0.25, -0.2) is 19.9 Å². The minimum Gasteiger partial charge on any atom is -0.462 e. The molecule has 0 spiro atoms. The second-order valence-corrected chi connectivity index (χ2v) is 5.16. The highest BCUT2D eigenvalue weighted by atomic mass is 32.1. The topological polar surface area (TPSA) is 94.4 Å². The Hall–Kier alpha value is -2.22. The SMILES string of the molecule is CCOC(=O)c1sc2nc(C)cc(C)c2c1N[N+](=O)[O-]. The van der Waals surface area contributed by atoms with Gasteiger partial charge in [-0.1, -0.05) is 0 Å². The first kappa shape index (κ1) is 14.2. The van der Waals surface area contributed by atoms with Crippen LogP contribution in [0.15, 0.2) is 6.07 Å². The minimum atomic E-state index is -0.691.